The zero-order valence-corrected chi connectivity index (χ0v) is 11.8. The molecule has 2 saturated carbocycles. The molecule has 2 N–H and O–H groups in total. The molecule has 18 heavy (non-hydrogen) atoms. The third-order valence-corrected chi connectivity index (χ3v) is 6.31. The third-order valence-electron chi connectivity index (χ3n) is 6.31. The van der Waals surface area contributed by atoms with Crippen LogP contribution in [0.15, 0.2) is 0 Å². The predicted molar refractivity (Wildman–Crippen MR) is 69.2 cm³/mol. The lowest BCUT2D eigenvalue weighted by Crippen LogP contribution is -2.68. The summed E-state index contributed by atoms with van der Waals surface area (Å²) in [5.74, 6) is 0.516. The number of fused-ring (bicyclic) bond motifs is 1. The van der Waals surface area contributed by atoms with E-state index in [2.05, 4.69) is 20.8 Å². The van der Waals surface area contributed by atoms with Gasteiger partial charge in [-0.1, -0.05) is 6.92 Å². The van der Waals surface area contributed by atoms with Crippen molar-refractivity contribution < 1.29 is 14.9 Å². The van der Waals surface area contributed by atoms with Crippen molar-refractivity contribution in [1.29, 1.82) is 0 Å². The fourth-order valence-electron chi connectivity index (χ4n) is 5.03. The Balaban J connectivity index is 2.10. The number of aliphatic hydroxyl groups is 2. The van der Waals surface area contributed by atoms with E-state index in [9.17, 15) is 10.2 Å². The van der Waals surface area contributed by atoms with Crippen molar-refractivity contribution in [1.82, 2.24) is 0 Å². The van der Waals surface area contributed by atoms with Crippen LogP contribution in [-0.4, -0.2) is 33.6 Å². The van der Waals surface area contributed by atoms with Crippen LogP contribution in [0.2, 0.25) is 0 Å². The highest BCUT2D eigenvalue weighted by Gasteiger charge is 2.71. The average molecular weight is 254 g/mol. The van der Waals surface area contributed by atoms with Gasteiger partial charge in [-0.05, 0) is 63.7 Å². The maximum Gasteiger partial charge on any atom is 0.117 e. The molecule has 1 aliphatic heterocycles. The van der Waals surface area contributed by atoms with Gasteiger partial charge in [-0.25, -0.2) is 0 Å². The smallest absolute Gasteiger partial charge is 0.117 e. The number of aliphatic hydroxyl groups excluding tert-OH is 1. The topological polar surface area (TPSA) is 49.7 Å². The second-order valence-corrected chi connectivity index (χ2v) is 7.58. The van der Waals surface area contributed by atoms with Gasteiger partial charge >= 0.3 is 0 Å². The highest BCUT2D eigenvalue weighted by molar-refractivity contribution is 5.21. The molecule has 1 spiro atoms. The summed E-state index contributed by atoms with van der Waals surface area (Å²) in [6.07, 6.45) is 5.98. The molecule has 1 saturated heterocycles. The second kappa shape index (κ2) is 3.50. The summed E-state index contributed by atoms with van der Waals surface area (Å²) in [5, 5.41) is 20.7. The van der Waals surface area contributed by atoms with Crippen LogP contribution in [0.3, 0.4) is 0 Å². The quantitative estimate of drug-likeness (QED) is 0.754. The van der Waals surface area contributed by atoms with Gasteiger partial charge in [0.15, 0.2) is 0 Å². The molecule has 0 aromatic heterocycles. The van der Waals surface area contributed by atoms with E-state index in [-0.39, 0.29) is 17.6 Å². The van der Waals surface area contributed by atoms with E-state index in [1.165, 1.54) is 6.42 Å². The summed E-state index contributed by atoms with van der Waals surface area (Å²) in [5.41, 5.74) is -1.73. The van der Waals surface area contributed by atoms with Crippen LogP contribution in [0, 0.1) is 11.3 Å². The van der Waals surface area contributed by atoms with Crippen LogP contribution in [0.5, 0.6) is 0 Å². The molecule has 0 aromatic carbocycles. The lowest BCUT2D eigenvalue weighted by molar-refractivity contribution is -0.275. The van der Waals surface area contributed by atoms with Gasteiger partial charge in [0.2, 0.25) is 0 Å². The van der Waals surface area contributed by atoms with E-state index < -0.39 is 11.2 Å². The summed E-state index contributed by atoms with van der Waals surface area (Å²) < 4.78 is 6.46. The van der Waals surface area contributed by atoms with Gasteiger partial charge in [0.05, 0.1) is 12.2 Å². The van der Waals surface area contributed by atoms with E-state index in [0.717, 1.165) is 25.7 Å². The Morgan fingerprint density at radius 2 is 1.89 bits per heavy atom. The first kappa shape index (κ1) is 12.9. The molecule has 3 fully saturated rings. The Morgan fingerprint density at radius 1 is 1.17 bits per heavy atom. The molecule has 0 aromatic rings. The van der Waals surface area contributed by atoms with Crippen LogP contribution in [0.1, 0.15) is 59.3 Å². The molecule has 3 aliphatic rings. The minimum atomic E-state index is -1.05. The largest absolute Gasteiger partial charge is 0.393 e. The minimum absolute atomic E-state index is 0.0208. The Bertz CT molecular complexity index is 355. The van der Waals surface area contributed by atoms with Gasteiger partial charge < -0.3 is 14.9 Å². The molecule has 1 heterocycles. The lowest BCUT2D eigenvalue weighted by atomic mass is 9.51. The Labute approximate surface area is 110 Å². The standard InChI is InChI=1S/C15H26O3/c1-12(2)11-5-8-13(3)6-4-7-14(17,10-16)15(13,9-11)18-12/h11,16-17H,4-10H2,1-3H3/t11-,13+,14-,15-/m1/s1. The molecule has 2 aliphatic carbocycles. The number of rotatable bonds is 1. The molecule has 104 valence electrons. The van der Waals surface area contributed by atoms with Crippen molar-refractivity contribution >= 4 is 0 Å². The summed E-state index contributed by atoms with van der Waals surface area (Å²) in [7, 11) is 0. The van der Waals surface area contributed by atoms with E-state index >= 15 is 0 Å². The monoisotopic (exact) mass is 254 g/mol. The molecule has 4 atom stereocenters. The highest BCUT2D eigenvalue weighted by Crippen LogP contribution is 2.66. The lowest BCUT2D eigenvalue weighted by Gasteiger charge is -2.59. The highest BCUT2D eigenvalue weighted by atomic mass is 16.6. The first-order valence-corrected chi connectivity index (χ1v) is 7.32. The van der Waals surface area contributed by atoms with Crippen LogP contribution in [0.4, 0.5) is 0 Å². The number of ether oxygens (including phenoxy) is 1. The Kier molecular flexibility index (Phi) is 2.51. The van der Waals surface area contributed by atoms with Crippen molar-refractivity contribution in [3.05, 3.63) is 0 Å². The molecular weight excluding hydrogens is 228 g/mol. The summed E-state index contributed by atoms with van der Waals surface area (Å²) in [4.78, 5) is 0. The first-order chi connectivity index (χ1) is 8.29. The van der Waals surface area contributed by atoms with E-state index in [4.69, 9.17) is 4.74 Å². The molecule has 3 nitrogen and oxygen atoms in total. The summed E-state index contributed by atoms with van der Waals surface area (Å²) in [6, 6.07) is 0. The van der Waals surface area contributed by atoms with Crippen LogP contribution in [-0.2, 0) is 4.74 Å². The normalized spacial score (nSPS) is 54.2. The van der Waals surface area contributed by atoms with Crippen LogP contribution < -0.4 is 0 Å². The number of hydrogen-bond acceptors (Lipinski definition) is 3. The zero-order valence-electron chi connectivity index (χ0n) is 11.8. The average Bonchev–Trinajstić information content (AvgIpc) is 2.54. The van der Waals surface area contributed by atoms with Crippen molar-refractivity contribution in [2.24, 2.45) is 11.3 Å². The van der Waals surface area contributed by atoms with Crippen molar-refractivity contribution in [3.63, 3.8) is 0 Å². The molecule has 3 heteroatoms. The predicted octanol–water partition coefficient (Wildman–Crippen LogP) is 2.25. The van der Waals surface area contributed by atoms with E-state index in [0.29, 0.717) is 12.3 Å². The van der Waals surface area contributed by atoms with Gasteiger partial charge in [0.1, 0.15) is 11.2 Å². The maximum atomic E-state index is 11.0. The minimum Gasteiger partial charge on any atom is -0.393 e. The van der Waals surface area contributed by atoms with Gasteiger partial charge in [-0.2, -0.15) is 0 Å². The van der Waals surface area contributed by atoms with Crippen molar-refractivity contribution in [3.8, 4) is 0 Å². The fourth-order valence-corrected chi connectivity index (χ4v) is 5.03. The molecular formula is C15H26O3. The Morgan fingerprint density at radius 3 is 2.56 bits per heavy atom. The first-order valence-electron chi connectivity index (χ1n) is 7.32. The van der Waals surface area contributed by atoms with E-state index in [1.54, 1.807) is 0 Å². The zero-order chi connectivity index (χ0) is 13.2. The molecule has 0 amide bonds. The third kappa shape index (κ3) is 1.31. The van der Waals surface area contributed by atoms with Gasteiger partial charge in [-0.3, -0.25) is 0 Å². The Hall–Kier alpha value is -0.120. The number of hydrogen-bond donors (Lipinski definition) is 2. The summed E-state index contributed by atoms with van der Waals surface area (Å²) >= 11 is 0. The van der Waals surface area contributed by atoms with E-state index in [1.807, 2.05) is 0 Å². The van der Waals surface area contributed by atoms with Crippen molar-refractivity contribution in [2.45, 2.75) is 76.1 Å². The van der Waals surface area contributed by atoms with Crippen LogP contribution in [0.25, 0.3) is 0 Å². The molecule has 0 unspecified atom stereocenters. The molecule has 0 radical (unpaired) electrons. The van der Waals surface area contributed by atoms with Crippen molar-refractivity contribution in [2.75, 3.05) is 6.61 Å². The van der Waals surface area contributed by atoms with Gasteiger partial charge in [0, 0.05) is 0 Å². The van der Waals surface area contributed by atoms with Crippen LogP contribution >= 0.6 is 0 Å². The van der Waals surface area contributed by atoms with Gasteiger partial charge in [-0.15, -0.1) is 0 Å². The molecule has 2 bridgehead atoms. The SMILES string of the molecule is CC1(C)O[C@]23C[C@H]1CC[C@]2(C)CCC[C@@]3(O)CO. The second-order valence-electron chi connectivity index (χ2n) is 7.58. The summed E-state index contributed by atoms with van der Waals surface area (Å²) in [6.45, 7) is 6.37. The maximum absolute atomic E-state index is 11.0. The fraction of sp³-hybridized carbons (Fsp3) is 1.00. The molecule has 3 rings (SSSR count). The van der Waals surface area contributed by atoms with Gasteiger partial charge in [0.25, 0.3) is 0 Å².